The molecule has 8 aromatic rings. The molecule has 0 bridgehead atoms. The Bertz CT molecular complexity index is 2310. The molecule has 0 aliphatic heterocycles. The van der Waals surface area contributed by atoms with Crippen LogP contribution in [0.25, 0.3) is 76.8 Å². The van der Waals surface area contributed by atoms with E-state index in [0.717, 1.165) is 28.2 Å². The van der Waals surface area contributed by atoms with Crippen LogP contribution in [-0.4, -0.2) is 9.97 Å². The van der Waals surface area contributed by atoms with Crippen LogP contribution in [0.5, 0.6) is 0 Å². The number of aromatic nitrogens is 2. The molecule has 2 nitrogen and oxygen atoms in total. The van der Waals surface area contributed by atoms with Gasteiger partial charge in [0, 0.05) is 41.5 Å². The molecule has 2 aromatic heterocycles. The van der Waals surface area contributed by atoms with Gasteiger partial charge >= 0.3 is 0 Å². The normalized spacial score (nSPS) is 13.1. The third-order valence-electron chi connectivity index (χ3n) is 9.37. The first kappa shape index (κ1) is 25.9. The van der Waals surface area contributed by atoms with Gasteiger partial charge < -0.3 is 0 Å². The minimum Gasteiger partial charge on any atom is -0.264 e. The highest BCUT2D eigenvalue weighted by Crippen LogP contribution is 2.45. The maximum Gasteiger partial charge on any atom is 0.0347 e. The van der Waals surface area contributed by atoms with E-state index in [1.807, 2.05) is 24.7 Å². The summed E-state index contributed by atoms with van der Waals surface area (Å²) in [6.07, 6.45) is 10.2. The maximum absolute atomic E-state index is 4.54. The van der Waals surface area contributed by atoms with Crippen molar-refractivity contribution in [1.29, 1.82) is 0 Å². The molecule has 1 saturated carbocycles. The summed E-state index contributed by atoms with van der Waals surface area (Å²) in [6.45, 7) is 0. The van der Waals surface area contributed by atoms with E-state index in [1.165, 1.54) is 73.0 Å². The number of benzene rings is 6. The van der Waals surface area contributed by atoms with Gasteiger partial charge in [-0.2, -0.15) is 0 Å². The molecule has 2 heterocycles. The van der Waals surface area contributed by atoms with Gasteiger partial charge in [-0.05, 0) is 109 Å². The van der Waals surface area contributed by atoms with Crippen molar-refractivity contribution in [2.45, 2.75) is 18.8 Å². The molecule has 0 spiro atoms. The first-order valence-electron chi connectivity index (χ1n) is 15.7. The van der Waals surface area contributed by atoms with Crippen LogP contribution in [0.4, 0.5) is 0 Å². The van der Waals surface area contributed by atoms with Crippen molar-refractivity contribution in [3.8, 4) is 44.5 Å². The van der Waals surface area contributed by atoms with Crippen LogP contribution in [0.3, 0.4) is 0 Å². The lowest BCUT2D eigenvalue weighted by Gasteiger charge is -2.18. The number of fused-ring (bicyclic) bond motifs is 3. The summed E-state index contributed by atoms with van der Waals surface area (Å²) < 4.78 is 0. The van der Waals surface area contributed by atoms with E-state index >= 15 is 0 Å². The summed E-state index contributed by atoms with van der Waals surface area (Å²) in [4.78, 5) is 8.82. The van der Waals surface area contributed by atoms with Crippen molar-refractivity contribution in [1.82, 2.24) is 9.97 Å². The van der Waals surface area contributed by atoms with Gasteiger partial charge in [-0.25, -0.2) is 0 Å². The summed E-state index contributed by atoms with van der Waals surface area (Å²) in [6, 6.07) is 47.0. The number of pyridine rings is 2. The standard InChI is InChI=1S/C43H30N2/c1-3-9-40-38(7-1)42(30-15-13-29(14-16-30)28-11-12-28)39-8-2-4-10-41(39)43(40)34-20-19-31-22-33(18-17-32(31)23-34)36-24-37(27-45-26-36)35-6-5-21-44-25-35/h1-10,13-28H,11-12H2. The number of hydrogen-bond donors (Lipinski definition) is 0. The summed E-state index contributed by atoms with van der Waals surface area (Å²) in [5.74, 6) is 0.757. The van der Waals surface area contributed by atoms with Crippen molar-refractivity contribution in [3.63, 3.8) is 0 Å². The summed E-state index contributed by atoms with van der Waals surface area (Å²) >= 11 is 0. The van der Waals surface area contributed by atoms with Crippen molar-refractivity contribution in [2.75, 3.05) is 0 Å². The van der Waals surface area contributed by atoms with E-state index in [0.29, 0.717) is 0 Å². The van der Waals surface area contributed by atoms with Gasteiger partial charge in [-0.15, -0.1) is 0 Å². The molecule has 0 radical (unpaired) electrons. The second kappa shape index (κ2) is 10.5. The Morgan fingerprint density at radius 2 is 0.933 bits per heavy atom. The third kappa shape index (κ3) is 4.58. The van der Waals surface area contributed by atoms with E-state index in [1.54, 1.807) is 6.20 Å². The Hall–Kier alpha value is -5.60. The van der Waals surface area contributed by atoms with Crippen LogP contribution in [0.1, 0.15) is 24.3 Å². The second-order valence-electron chi connectivity index (χ2n) is 12.2. The number of rotatable bonds is 5. The fraction of sp³-hybridized carbons (Fsp3) is 0.0698. The minimum atomic E-state index is 0.757. The minimum absolute atomic E-state index is 0.757. The molecule has 9 rings (SSSR count). The average molecular weight is 575 g/mol. The lowest BCUT2D eigenvalue weighted by molar-refractivity contribution is 1.13. The third-order valence-corrected chi connectivity index (χ3v) is 9.37. The van der Waals surface area contributed by atoms with Gasteiger partial charge in [0.15, 0.2) is 0 Å². The molecule has 0 atom stereocenters. The SMILES string of the molecule is c1cncc(-c2cncc(-c3ccc4cc(-c5c6ccccc6c(-c6ccc(C7CC7)cc6)c6ccccc56)ccc4c3)c2)c1. The van der Waals surface area contributed by atoms with Crippen LogP contribution >= 0.6 is 0 Å². The Labute approximate surface area is 262 Å². The molecule has 212 valence electrons. The van der Waals surface area contributed by atoms with Gasteiger partial charge in [-0.3, -0.25) is 9.97 Å². The fourth-order valence-electron chi connectivity index (χ4n) is 6.96. The van der Waals surface area contributed by atoms with Crippen molar-refractivity contribution in [3.05, 3.63) is 158 Å². The van der Waals surface area contributed by atoms with E-state index < -0.39 is 0 Å². The lowest BCUT2D eigenvalue weighted by Crippen LogP contribution is -1.91. The lowest BCUT2D eigenvalue weighted by atomic mass is 9.85. The van der Waals surface area contributed by atoms with Crippen molar-refractivity contribution in [2.24, 2.45) is 0 Å². The van der Waals surface area contributed by atoms with Crippen LogP contribution in [0.2, 0.25) is 0 Å². The quantitative estimate of drug-likeness (QED) is 0.191. The highest BCUT2D eigenvalue weighted by molar-refractivity contribution is 6.21. The smallest absolute Gasteiger partial charge is 0.0347 e. The van der Waals surface area contributed by atoms with Gasteiger partial charge in [0.25, 0.3) is 0 Å². The van der Waals surface area contributed by atoms with Gasteiger partial charge in [-0.1, -0.05) is 103 Å². The summed E-state index contributed by atoms with van der Waals surface area (Å²) in [5, 5.41) is 7.59. The molecular formula is C43H30N2. The van der Waals surface area contributed by atoms with Gasteiger partial charge in [0.1, 0.15) is 0 Å². The number of hydrogen-bond acceptors (Lipinski definition) is 2. The van der Waals surface area contributed by atoms with E-state index in [2.05, 4.69) is 131 Å². The molecule has 1 aliphatic rings. The monoisotopic (exact) mass is 574 g/mol. The highest BCUT2D eigenvalue weighted by Gasteiger charge is 2.23. The summed E-state index contributed by atoms with van der Waals surface area (Å²) in [7, 11) is 0. The Balaban J connectivity index is 1.17. The van der Waals surface area contributed by atoms with E-state index in [4.69, 9.17) is 0 Å². The molecule has 0 amide bonds. The Morgan fingerprint density at radius 3 is 1.53 bits per heavy atom. The second-order valence-corrected chi connectivity index (χ2v) is 12.2. The van der Waals surface area contributed by atoms with E-state index in [9.17, 15) is 0 Å². The van der Waals surface area contributed by atoms with Crippen LogP contribution in [-0.2, 0) is 0 Å². The zero-order valence-corrected chi connectivity index (χ0v) is 24.8. The first-order chi connectivity index (χ1) is 22.3. The zero-order valence-electron chi connectivity index (χ0n) is 24.8. The molecule has 0 saturated heterocycles. The van der Waals surface area contributed by atoms with Crippen LogP contribution < -0.4 is 0 Å². The van der Waals surface area contributed by atoms with Gasteiger partial charge in [0.2, 0.25) is 0 Å². The Morgan fingerprint density at radius 1 is 0.400 bits per heavy atom. The van der Waals surface area contributed by atoms with Crippen LogP contribution in [0.15, 0.2) is 152 Å². The molecule has 0 unspecified atom stereocenters. The predicted octanol–water partition coefficient (Wildman–Crippen LogP) is 11.5. The molecule has 6 aromatic carbocycles. The van der Waals surface area contributed by atoms with E-state index in [-0.39, 0.29) is 0 Å². The average Bonchev–Trinajstić information content (AvgIpc) is 3.97. The zero-order chi connectivity index (χ0) is 29.7. The molecular weight excluding hydrogens is 544 g/mol. The van der Waals surface area contributed by atoms with Crippen molar-refractivity contribution < 1.29 is 0 Å². The molecule has 0 N–H and O–H groups in total. The highest BCUT2D eigenvalue weighted by atomic mass is 14.6. The van der Waals surface area contributed by atoms with Crippen LogP contribution in [0, 0.1) is 0 Å². The predicted molar refractivity (Wildman–Crippen MR) is 188 cm³/mol. The maximum atomic E-state index is 4.54. The van der Waals surface area contributed by atoms with Crippen molar-refractivity contribution >= 4 is 32.3 Å². The van der Waals surface area contributed by atoms with Gasteiger partial charge in [0.05, 0.1) is 0 Å². The molecule has 45 heavy (non-hydrogen) atoms. The largest absolute Gasteiger partial charge is 0.264 e. The number of nitrogens with zero attached hydrogens (tertiary/aromatic N) is 2. The first-order valence-corrected chi connectivity index (χ1v) is 15.7. The molecule has 2 heteroatoms. The summed E-state index contributed by atoms with van der Waals surface area (Å²) in [5.41, 5.74) is 11.0. The molecule has 1 aliphatic carbocycles. The molecule has 1 fully saturated rings. The topological polar surface area (TPSA) is 25.8 Å². The Kier molecular flexibility index (Phi) is 6.05. The fourth-order valence-corrected chi connectivity index (χ4v) is 6.96.